The molecular formula is C13H18FNO2. The number of methoxy groups -OCH3 is 1. The highest BCUT2D eigenvalue weighted by Gasteiger charge is 2.37. The van der Waals surface area contributed by atoms with Gasteiger partial charge < -0.3 is 4.74 Å². The largest absolute Gasteiger partial charge is 0.467 e. The summed E-state index contributed by atoms with van der Waals surface area (Å²) < 4.78 is 18.5. The molecule has 0 spiro atoms. The molecular weight excluding hydrogens is 221 g/mol. The van der Waals surface area contributed by atoms with Crippen LogP contribution in [0.3, 0.4) is 0 Å². The van der Waals surface area contributed by atoms with Gasteiger partial charge in [-0.25, -0.2) is 9.18 Å². The molecule has 0 bridgehead atoms. The van der Waals surface area contributed by atoms with Crippen LogP contribution in [-0.2, 0) is 15.1 Å². The zero-order chi connectivity index (χ0) is 12.9. The van der Waals surface area contributed by atoms with Crippen molar-refractivity contribution in [3.05, 3.63) is 35.6 Å². The topological polar surface area (TPSA) is 38.3 Å². The monoisotopic (exact) mass is 239 g/mol. The van der Waals surface area contributed by atoms with Crippen molar-refractivity contribution in [2.24, 2.45) is 0 Å². The lowest BCUT2D eigenvalue weighted by Gasteiger charge is -2.28. The third-order valence-electron chi connectivity index (χ3n) is 2.73. The van der Waals surface area contributed by atoms with E-state index in [4.69, 9.17) is 4.74 Å². The molecule has 1 N–H and O–H groups in total. The normalized spacial score (nSPS) is 14.1. The van der Waals surface area contributed by atoms with Gasteiger partial charge in [-0.2, -0.15) is 0 Å². The van der Waals surface area contributed by atoms with Crippen molar-refractivity contribution >= 4 is 5.97 Å². The predicted molar refractivity (Wildman–Crippen MR) is 64.1 cm³/mol. The van der Waals surface area contributed by atoms with Gasteiger partial charge in [-0.3, -0.25) is 5.32 Å². The van der Waals surface area contributed by atoms with Crippen LogP contribution in [0, 0.1) is 5.82 Å². The molecule has 0 aliphatic rings. The van der Waals surface area contributed by atoms with Gasteiger partial charge in [0.15, 0.2) is 0 Å². The Labute approximate surface area is 101 Å². The summed E-state index contributed by atoms with van der Waals surface area (Å²) in [4.78, 5) is 11.8. The van der Waals surface area contributed by atoms with E-state index in [9.17, 15) is 9.18 Å². The Hall–Kier alpha value is -1.42. The summed E-state index contributed by atoms with van der Waals surface area (Å²) in [5.41, 5.74) is -0.837. The smallest absolute Gasteiger partial charge is 0.330 e. The number of rotatable bonds is 5. The summed E-state index contributed by atoms with van der Waals surface area (Å²) in [7, 11) is 1.30. The molecule has 0 aliphatic heterocycles. The number of ether oxygens (including phenoxy) is 1. The maximum Gasteiger partial charge on any atom is 0.330 e. The predicted octanol–water partition coefficient (Wildman–Crippen LogP) is 2.21. The van der Waals surface area contributed by atoms with Crippen LogP contribution in [0.15, 0.2) is 24.3 Å². The van der Waals surface area contributed by atoms with Crippen LogP contribution in [0.1, 0.15) is 25.8 Å². The van der Waals surface area contributed by atoms with Gasteiger partial charge in [-0.05, 0) is 26.0 Å². The molecule has 1 rings (SSSR count). The number of nitrogens with one attached hydrogen (secondary N) is 1. The van der Waals surface area contributed by atoms with Crippen LogP contribution in [0.25, 0.3) is 0 Å². The average molecular weight is 239 g/mol. The lowest BCUT2D eigenvalue weighted by molar-refractivity contribution is -0.148. The molecule has 1 aromatic carbocycles. The third kappa shape index (κ3) is 2.82. The van der Waals surface area contributed by atoms with Crippen molar-refractivity contribution in [1.82, 2.24) is 5.32 Å². The van der Waals surface area contributed by atoms with Crippen molar-refractivity contribution in [2.75, 3.05) is 13.7 Å². The molecule has 1 aromatic rings. The molecule has 1 unspecified atom stereocenters. The second-order valence-corrected chi connectivity index (χ2v) is 4.02. The van der Waals surface area contributed by atoms with Crippen molar-refractivity contribution in [1.29, 1.82) is 0 Å². The first-order valence-corrected chi connectivity index (χ1v) is 5.64. The van der Waals surface area contributed by atoms with E-state index in [1.54, 1.807) is 25.1 Å². The van der Waals surface area contributed by atoms with Gasteiger partial charge >= 0.3 is 5.97 Å². The Morgan fingerprint density at radius 2 is 2.12 bits per heavy atom. The lowest BCUT2D eigenvalue weighted by atomic mass is 9.91. The molecule has 0 heterocycles. The molecule has 0 aromatic heterocycles. The van der Waals surface area contributed by atoms with E-state index in [2.05, 4.69) is 5.32 Å². The van der Waals surface area contributed by atoms with Crippen LogP contribution in [-0.4, -0.2) is 19.6 Å². The number of hydrogen-bond donors (Lipinski definition) is 1. The fourth-order valence-corrected chi connectivity index (χ4v) is 1.72. The number of halogens is 1. The van der Waals surface area contributed by atoms with E-state index >= 15 is 0 Å². The Balaban J connectivity index is 3.14. The lowest BCUT2D eigenvalue weighted by Crippen LogP contribution is -2.48. The van der Waals surface area contributed by atoms with Crippen LogP contribution >= 0.6 is 0 Å². The van der Waals surface area contributed by atoms with Gasteiger partial charge in [-0.1, -0.05) is 25.1 Å². The van der Waals surface area contributed by atoms with Crippen molar-refractivity contribution in [3.8, 4) is 0 Å². The first kappa shape index (κ1) is 13.6. The Morgan fingerprint density at radius 1 is 1.47 bits per heavy atom. The minimum Gasteiger partial charge on any atom is -0.467 e. The second-order valence-electron chi connectivity index (χ2n) is 4.02. The van der Waals surface area contributed by atoms with E-state index < -0.39 is 17.3 Å². The Morgan fingerprint density at radius 3 is 2.65 bits per heavy atom. The summed E-state index contributed by atoms with van der Waals surface area (Å²) in [6.45, 7) is 4.22. The molecule has 0 amide bonds. The molecule has 1 atom stereocenters. The number of benzene rings is 1. The minimum absolute atomic E-state index is 0.306. The van der Waals surface area contributed by atoms with E-state index in [0.29, 0.717) is 12.1 Å². The molecule has 17 heavy (non-hydrogen) atoms. The number of carbonyl (C=O) groups is 1. The minimum atomic E-state index is -1.14. The van der Waals surface area contributed by atoms with Crippen LogP contribution < -0.4 is 5.32 Å². The number of carbonyl (C=O) groups excluding carboxylic acids is 1. The summed E-state index contributed by atoms with van der Waals surface area (Å²) in [6, 6.07) is 6.22. The van der Waals surface area contributed by atoms with Gasteiger partial charge in [0.1, 0.15) is 11.4 Å². The van der Waals surface area contributed by atoms with Gasteiger partial charge in [0, 0.05) is 5.56 Å². The fourth-order valence-electron chi connectivity index (χ4n) is 1.72. The third-order valence-corrected chi connectivity index (χ3v) is 2.73. The quantitative estimate of drug-likeness (QED) is 0.801. The molecule has 3 nitrogen and oxygen atoms in total. The maximum atomic E-state index is 13.8. The zero-order valence-electron chi connectivity index (χ0n) is 10.4. The van der Waals surface area contributed by atoms with Crippen molar-refractivity contribution in [2.45, 2.75) is 25.8 Å². The number of esters is 1. The van der Waals surface area contributed by atoms with E-state index in [1.807, 2.05) is 6.92 Å². The van der Waals surface area contributed by atoms with Crippen LogP contribution in [0.2, 0.25) is 0 Å². The zero-order valence-corrected chi connectivity index (χ0v) is 10.4. The SMILES string of the molecule is CCCNC(C)(C(=O)OC)c1ccccc1F. The second kappa shape index (κ2) is 5.77. The maximum absolute atomic E-state index is 13.8. The molecule has 94 valence electrons. The fraction of sp³-hybridized carbons (Fsp3) is 0.462. The summed E-state index contributed by atoms with van der Waals surface area (Å²) in [5, 5.41) is 3.04. The van der Waals surface area contributed by atoms with E-state index in [-0.39, 0.29) is 0 Å². The first-order chi connectivity index (χ1) is 8.06. The molecule has 0 saturated heterocycles. The van der Waals surface area contributed by atoms with Gasteiger partial charge in [0.05, 0.1) is 7.11 Å². The van der Waals surface area contributed by atoms with Crippen molar-refractivity contribution < 1.29 is 13.9 Å². The van der Waals surface area contributed by atoms with Crippen molar-refractivity contribution in [3.63, 3.8) is 0 Å². The van der Waals surface area contributed by atoms with Gasteiger partial charge in [0.2, 0.25) is 0 Å². The number of hydrogen-bond acceptors (Lipinski definition) is 3. The van der Waals surface area contributed by atoms with E-state index in [0.717, 1.165) is 6.42 Å². The molecule has 0 saturated carbocycles. The molecule has 0 fully saturated rings. The Kier molecular flexibility index (Phi) is 4.63. The summed E-state index contributed by atoms with van der Waals surface area (Å²) >= 11 is 0. The standard InChI is InChI=1S/C13H18FNO2/c1-4-9-15-13(2,12(16)17-3)10-7-5-6-8-11(10)14/h5-8,15H,4,9H2,1-3H3. The summed E-state index contributed by atoms with van der Waals surface area (Å²) in [5.74, 6) is -0.903. The molecule has 0 aliphatic carbocycles. The van der Waals surface area contributed by atoms with Gasteiger partial charge in [-0.15, -0.1) is 0 Å². The Bertz CT molecular complexity index is 395. The molecule has 4 heteroatoms. The highest BCUT2D eigenvalue weighted by atomic mass is 19.1. The highest BCUT2D eigenvalue weighted by molar-refractivity contribution is 5.82. The van der Waals surface area contributed by atoms with Gasteiger partial charge in [0.25, 0.3) is 0 Å². The van der Waals surface area contributed by atoms with Crippen LogP contribution in [0.5, 0.6) is 0 Å². The average Bonchev–Trinajstić information content (AvgIpc) is 2.35. The summed E-state index contributed by atoms with van der Waals surface area (Å²) in [6.07, 6.45) is 0.848. The van der Waals surface area contributed by atoms with Crippen LogP contribution in [0.4, 0.5) is 4.39 Å². The highest BCUT2D eigenvalue weighted by Crippen LogP contribution is 2.24. The van der Waals surface area contributed by atoms with E-state index in [1.165, 1.54) is 13.2 Å². The first-order valence-electron chi connectivity index (χ1n) is 5.64. The molecule has 0 radical (unpaired) electrons.